The molecule has 3 aromatic rings. The predicted molar refractivity (Wildman–Crippen MR) is 83.2 cm³/mol. The van der Waals surface area contributed by atoms with Crippen LogP contribution in [0.15, 0.2) is 36.5 Å². The molecule has 0 radical (unpaired) electrons. The van der Waals surface area contributed by atoms with E-state index in [1.54, 1.807) is 0 Å². The second-order valence-electron chi connectivity index (χ2n) is 5.14. The van der Waals surface area contributed by atoms with E-state index in [-0.39, 0.29) is 5.91 Å². The lowest BCUT2D eigenvalue weighted by Gasteiger charge is -2.00. The van der Waals surface area contributed by atoms with Crippen LogP contribution in [0.5, 0.6) is 0 Å². The number of nitrogens with one attached hydrogen (secondary N) is 2. The Bertz CT molecular complexity index is 785. The summed E-state index contributed by atoms with van der Waals surface area (Å²) in [6.45, 7) is 2.04. The minimum Gasteiger partial charge on any atom is -0.350 e. The average Bonchev–Trinajstić information content (AvgIpc) is 3.05. The van der Waals surface area contributed by atoms with Crippen molar-refractivity contribution in [2.45, 2.75) is 19.8 Å². The van der Waals surface area contributed by atoms with Gasteiger partial charge in [0.05, 0.1) is 6.42 Å². The minimum absolute atomic E-state index is 0.0551. The molecule has 2 N–H and O–H groups in total. The van der Waals surface area contributed by atoms with Crippen LogP contribution in [0, 0.1) is 0 Å². The van der Waals surface area contributed by atoms with Crippen molar-refractivity contribution >= 4 is 22.6 Å². The van der Waals surface area contributed by atoms with E-state index in [1.807, 2.05) is 49.0 Å². The highest BCUT2D eigenvalue weighted by Crippen LogP contribution is 2.21. The lowest BCUT2D eigenvalue weighted by Crippen LogP contribution is -2.14. The number of hydrogen-bond donors (Lipinski definition) is 2. The molecule has 5 heteroatoms. The molecule has 5 nitrogen and oxygen atoms in total. The molecule has 3 rings (SSSR count). The van der Waals surface area contributed by atoms with Crippen LogP contribution in [0.2, 0.25) is 0 Å². The van der Waals surface area contributed by atoms with Gasteiger partial charge in [-0.2, -0.15) is 5.10 Å². The van der Waals surface area contributed by atoms with Gasteiger partial charge in [-0.25, -0.2) is 0 Å². The average molecular weight is 282 g/mol. The third-order valence-electron chi connectivity index (χ3n) is 3.61. The van der Waals surface area contributed by atoms with Crippen molar-refractivity contribution in [3.8, 4) is 0 Å². The van der Waals surface area contributed by atoms with Crippen molar-refractivity contribution < 1.29 is 4.79 Å². The SMILES string of the molecule is CCc1cc(NC(=O)Cc2cn(C)c3ccccc23)n[nH]1. The molecule has 0 saturated carbocycles. The zero-order valence-electron chi connectivity index (χ0n) is 12.2. The van der Waals surface area contributed by atoms with E-state index < -0.39 is 0 Å². The Hall–Kier alpha value is -2.56. The standard InChI is InChI=1S/C16H18N4O/c1-3-12-9-15(19-18-12)17-16(21)8-11-10-20(2)14-7-5-4-6-13(11)14/h4-7,9-10H,3,8H2,1-2H3,(H2,17,18,19,21). The second-order valence-corrected chi connectivity index (χ2v) is 5.14. The highest BCUT2D eigenvalue weighted by atomic mass is 16.1. The van der Waals surface area contributed by atoms with E-state index in [9.17, 15) is 4.79 Å². The van der Waals surface area contributed by atoms with Crippen LogP contribution in [0.4, 0.5) is 5.82 Å². The highest BCUT2D eigenvalue weighted by molar-refractivity contribution is 5.95. The molecule has 1 aromatic carbocycles. The number of carbonyl (C=O) groups excluding carboxylic acids is 1. The van der Waals surface area contributed by atoms with Crippen LogP contribution < -0.4 is 5.32 Å². The lowest BCUT2D eigenvalue weighted by molar-refractivity contribution is -0.115. The molecule has 0 aliphatic carbocycles. The fraction of sp³-hybridized carbons (Fsp3) is 0.250. The number of carbonyl (C=O) groups is 1. The Morgan fingerprint density at radius 1 is 1.38 bits per heavy atom. The molecule has 0 fully saturated rings. The van der Waals surface area contributed by atoms with Crippen molar-refractivity contribution in [1.29, 1.82) is 0 Å². The number of rotatable bonds is 4. The maximum atomic E-state index is 12.2. The molecule has 0 aliphatic heterocycles. The van der Waals surface area contributed by atoms with Crippen LogP contribution >= 0.6 is 0 Å². The summed E-state index contributed by atoms with van der Waals surface area (Å²) in [6.07, 6.45) is 3.22. The number of anilines is 1. The Morgan fingerprint density at radius 3 is 2.95 bits per heavy atom. The molecule has 2 heterocycles. The number of fused-ring (bicyclic) bond motifs is 1. The smallest absolute Gasteiger partial charge is 0.230 e. The van der Waals surface area contributed by atoms with Gasteiger partial charge >= 0.3 is 0 Å². The van der Waals surface area contributed by atoms with E-state index in [0.717, 1.165) is 28.6 Å². The molecule has 2 aromatic heterocycles. The fourth-order valence-corrected chi connectivity index (χ4v) is 2.53. The molecule has 0 bridgehead atoms. The summed E-state index contributed by atoms with van der Waals surface area (Å²) in [5, 5.41) is 10.9. The summed E-state index contributed by atoms with van der Waals surface area (Å²) < 4.78 is 2.04. The first-order valence-electron chi connectivity index (χ1n) is 7.04. The zero-order valence-corrected chi connectivity index (χ0v) is 12.2. The largest absolute Gasteiger partial charge is 0.350 e. The Balaban J connectivity index is 1.77. The highest BCUT2D eigenvalue weighted by Gasteiger charge is 2.11. The lowest BCUT2D eigenvalue weighted by atomic mass is 10.1. The molecule has 0 atom stereocenters. The van der Waals surface area contributed by atoms with Gasteiger partial charge in [0.2, 0.25) is 5.91 Å². The summed E-state index contributed by atoms with van der Waals surface area (Å²) in [7, 11) is 1.99. The van der Waals surface area contributed by atoms with Crippen molar-refractivity contribution in [3.05, 3.63) is 47.8 Å². The number of benzene rings is 1. The first-order chi connectivity index (χ1) is 10.2. The summed E-state index contributed by atoms with van der Waals surface area (Å²) in [6, 6.07) is 9.95. The van der Waals surface area contributed by atoms with Crippen molar-refractivity contribution in [2.75, 3.05) is 5.32 Å². The number of aryl methyl sites for hydroxylation is 2. The third kappa shape index (κ3) is 2.67. The molecule has 21 heavy (non-hydrogen) atoms. The van der Waals surface area contributed by atoms with Gasteiger partial charge in [-0.1, -0.05) is 25.1 Å². The van der Waals surface area contributed by atoms with Gasteiger partial charge in [-0.15, -0.1) is 0 Å². The summed E-state index contributed by atoms with van der Waals surface area (Å²) >= 11 is 0. The van der Waals surface area contributed by atoms with Gasteiger partial charge in [0, 0.05) is 35.9 Å². The normalized spacial score (nSPS) is 11.0. The Labute approximate surface area is 123 Å². The number of H-pyrrole nitrogens is 1. The molecule has 1 amide bonds. The van der Waals surface area contributed by atoms with Gasteiger partial charge in [0.1, 0.15) is 0 Å². The summed E-state index contributed by atoms with van der Waals surface area (Å²) in [5.74, 6) is 0.526. The third-order valence-corrected chi connectivity index (χ3v) is 3.61. The zero-order chi connectivity index (χ0) is 14.8. The number of para-hydroxylation sites is 1. The monoisotopic (exact) mass is 282 g/mol. The number of amides is 1. The van der Waals surface area contributed by atoms with Gasteiger partial charge in [0.25, 0.3) is 0 Å². The molecule has 0 saturated heterocycles. The van der Waals surface area contributed by atoms with Crippen LogP contribution in [-0.4, -0.2) is 20.7 Å². The van der Waals surface area contributed by atoms with Gasteiger partial charge in [-0.3, -0.25) is 9.89 Å². The first-order valence-corrected chi connectivity index (χ1v) is 7.04. The van der Waals surface area contributed by atoms with Gasteiger partial charge < -0.3 is 9.88 Å². The Morgan fingerprint density at radius 2 is 2.19 bits per heavy atom. The molecular formula is C16H18N4O. The van der Waals surface area contributed by atoms with E-state index in [1.165, 1.54) is 0 Å². The van der Waals surface area contributed by atoms with Crippen LogP contribution in [0.3, 0.4) is 0 Å². The van der Waals surface area contributed by atoms with Crippen molar-refractivity contribution in [3.63, 3.8) is 0 Å². The first kappa shape index (κ1) is 13.4. The summed E-state index contributed by atoms with van der Waals surface area (Å²) in [5.41, 5.74) is 3.17. The van der Waals surface area contributed by atoms with Gasteiger partial charge in [0.15, 0.2) is 5.82 Å². The number of nitrogens with zero attached hydrogens (tertiary/aromatic N) is 2. The maximum absolute atomic E-state index is 12.2. The van der Waals surface area contributed by atoms with E-state index in [2.05, 4.69) is 21.6 Å². The molecular weight excluding hydrogens is 264 g/mol. The van der Waals surface area contributed by atoms with E-state index in [0.29, 0.717) is 12.2 Å². The van der Waals surface area contributed by atoms with Crippen LogP contribution in [0.1, 0.15) is 18.2 Å². The minimum atomic E-state index is -0.0551. The number of aromatic amines is 1. The number of hydrogen-bond acceptors (Lipinski definition) is 2. The van der Waals surface area contributed by atoms with Gasteiger partial charge in [-0.05, 0) is 18.1 Å². The molecule has 0 spiro atoms. The quantitative estimate of drug-likeness (QED) is 0.772. The molecule has 108 valence electrons. The van der Waals surface area contributed by atoms with Crippen molar-refractivity contribution in [2.24, 2.45) is 7.05 Å². The number of aromatic nitrogens is 3. The fourth-order valence-electron chi connectivity index (χ4n) is 2.53. The Kier molecular flexibility index (Phi) is 3.48. The van der Waals surface area contributed by atoms with Crippen LogP contribution in [-0.2, 0) is 24.7 Å². The van der Waals surface area contributed by atoms with Crippen molar-refractivity contribution in [1.82, 2.24) is 14.8 Å². The second kappa shape index (κ2) is 5.44. The topological polar surface area (TPSA) is 62.7 Å². The van der Waals surface area contributed by atoms with E-state index >= 15 is 0 Å². The predicted octanol–water partition coefficient (Wildman–Crippen LogP) is 2.65. The van der Waals surface area contributed by atoms with E-state index in [4.69, 9.17) is 0 Å². The summed E-state index contributed by atoms with van der Waals surface area (Å²) in [4.78, 5) is 12.2. The van der Waals surface area contributed by atoms with Crippen LogP contribution in [0.25, 0.3) is 10.9 Å². The molecule has 0 aliphatic rings. The maximum Gasteiger partial charge on any atom is 0.230 e. The molecule has 0 unspecified atom stereocenters.